The number of ether oxygens (including phenoxy) is 4. The summed E-state index contributed by atoms with van der Waals surface area (Å²) < 4.78 is 21.0. The van der Waals surface area contributed by atoms with Gasteiger partial charge < -0.3 is 55.2 Å². The number of amides is 2. The molecule has 0 spiro atoms. The molecule has 2 aromatic rings. The van der Waals surface area contributed by atoms with E-state index in [1.165, 1.54) is 16.9 Å². The van der Waals surface area contributed by atoms with E-state index in [9.17, 15) is 19.2 Å². The van der Waals surface area contributed by atoms with Gasteiger partial charge in [0.1, 0.15) is 46.9 Å². The average molecular weight is 845 g/mol. The van der Waals surface area contributed by atoms with Crippen LogP contribution in [0.25, 0.3) is 0 Å². The molecule has 4 aliphatic rings. The molecule has 2 amide bonds. The van der Waals surface area contributed by atoms with Crippen LogP contribution in [0.3, 0.4) is 0 Å². The molecule has 2 aromatic carbocycles. The van der Waals surface area contributed by atoms with Crippen LogP contribution in [0.1, 0.15) is 11.1 Å². The standard InChI is InChI=1S/C16H16Cl2N2O4S.C16H17ClN2O4S.2ClH/c1-23-11-3-2-8(4-10(11)18)6-24-16(22)13-9(5-17)7-25-15-12(19)14(21)20(13)15;1-22-11-4-2-9(3-5-11)7-23-16(21)13-10(6-17)8-24-15-12(18)14(20)19(13)15;;/h2-4,12,15H,5-7,19H2,1H3;2-5,12,15H,6-8,18H2,1H3;2*1H/t12-,15-;12-,15+;;/m10../s1. The van der Waals surface area contributed by atoms with Crippen molar-refractivity contribution in [2.75, 3.05) is 37.5 Å². The monoisotopic (exact) mass is 842 g/mol. The number of carbonyl (C=O) groups is 4. The molecule has 12 nitrogen and oxygen atoms in total. The normalized spacial score (nSPS) is 21.7. The van der Waals surface area contributed by atoms with Gasteiger partial charge >= 0.3 is 11.9 Å². The highest BCUT2D eigenvalue weighted by Crippen LogP contribution is 2.41. The fraction of sp³-hybridized carbons (Fsp3) is 0.375. The second-order valence-corrected chi connectivity index (χ2v) is 14.3. The van der Waals surface area contributed by atoms with Crippen molar-refractivity contribution in [3.8, 4) is 11.5 Å². The topological polar surface area (TPSA) is 167 Å². The molecular formula is C32H35Cl5N4O8S2. The lowest BCUT2D eigenvalue weighted by atomic mass is 10.0. The number of carbonyl (C=O) groups excluding carboxylic acids is 4. The van der Waals surface area contributed by atoms with E-state index in [0.29, 0.717) is 27.9 Å². The smallest absolute Gasteiger partial charge is 0.355 e. The maximum Gasteiger partial charge on any atom is 0.355 e. The number of rotatable bonds is 10. The third kappa shape index (κ3) is 8.99. The van der Waals surface area contributed by atoms with Crippen LogP contribution in [0.15, 0.2) is 65.0 Å². The van der Waals surface area contributed by atoms with Crippen LogP contribution in [0, 0.1) is 0 Å². The quantitative estimate of drug-likeness (QED) is 0.138. The summed E-state index contributed by atoms with van der Waals surface area (Å²) in [6, 6.07) is 11.7. The largest absolute Gasteiger partial charge is 1.00 e. The number of fused-ring (bicyclic) bond motifs is 2. The number of hydrogen-bond donors (Lipinski definition) is 2. The van der Waals surface area contributed by atoms with Crippen molar-refractivity contribution in [2.45, 2.75) is 36.0 Å². The minimum absolute atomic E-state index is 0. The van der Waals surface area contributed by atoms with E-state index in [4.69, 9.17) is 53.8 Å². The molecule has 0 bridgehead atoms. The van der Waals surface area contributed by atoms with Crippen molar-refractivity contribution in [2.24, 2.45) is 0 Å². The van der Waals surface area contributed by atoms with Gasteiger partial charge in [-0.05, 0) is 46.5 Å². The highest BCUT2D eigenvalue weighted by molar-refractivity contribution is 8.00. The first-order chi connectivity index (χ1) is 23.5. The number of esters is 2. The van der Waals surface area contributed by atoms with E-state index in [0.717, 1.165) is 22.4 Å². The van der Waals surface area contributed by atoms with E-state index in [1.54, 1.807) is 61.0 Å². The van der Waals surface area contributed by atoms with Gasteiger partial charge in [-0.1, -0.05) is 29.8 Å². The van der Waals surface area contributed by atoms with Gasteiger partial charge in [-0.25, -0.2) is 9.59 Å². The summed E-state index contributed by atoms with van der Waals surface area (Å²) in [5.74, 6) is 1.41. The molecule has 6 N–H and O–H groups in total. The Bertz CT molecular complexity index is 1700. The molecule has 4 atom stereocenters. The second kappa shape index (κ2) is 19.0. The summed E-state index contributed by atoms with van der Waals surface area (Å²) in [6.45, 7) is 0.158. The number of thioether (sulfide) groups is 2. The van der Waals surface area contributed by atoms with Gasteiger partial charge in [0, 0.05) is 23.3 Å². The molecule has 19 heteroatoms. The fourth-order valence-corrected chi connectivity index (χ4v) is 8.98. The van der Waals surface area contributed by atoms with Crippen LogP contribution < -0.4 is 45.8 Å². The Labute approximate surface area is 330 Å². The fourth-order valence-electron chi connectivity index (χ4n) is 5.40. The lowest BCUT2D eigenvalue weighted by molar-refractivity contribution is -0.424. The maximum absolute atomic E-state index is 12.6. The summed E-state index contributed by atoms with van der Waals surface area (Å²) in [6.07, 6.45) is 0. The first kappa shape index (κ1) is 42.9. The Morgan fingerprint density at radius 3 is 1.63 bits per heavy atom. The van der Waals surface area contributed by atoms with E-state index in [-0.39, 0.29) is 95.8 Å². The summed E-state index contributed by atoms with van der Waals surface area (Å²) in [4.78, 5) is 52.2. The molecule has 0 aliphatic carbocycles. The second-order valence-electron chi connectivity index (χ2n) is 11.2. The summed E-state index contributed by atoms with van der Waals surface area (Å²) >= 11 is 21.1. The lowest BCUT2D eigenvalue weighted by Gasteiger charge is -2.45. The average Bonchev–Trinajstić information content (AvgIpc) is 3.14. The van der Waals surface area contributed by atoms with E-state index in [1.807, 2.05) is 12.1 Å². The molecule has 0 aromatic heterocycles. The summed E-state index contributed by atoms with van der Waals surface area (Å²) in [5, 5.41) is 0.203. The van der Waals surface area contributed by atoms with Crippen LogP contribution in [-0.2, 0) is 41.9 Å². The first-order valence-electron chi connectivity index (χ1n) is 15.0. The van der Waals surface area contributed by atoms with Crippen molar-refractivity contribution >= 4 is 82.1 Å². The van der Waals surface area contributed by atoms with Crippen LogP contribution in [0.2, 0.25) is 5.02 Å². The zero-order valence-electron chi connectivity index (χ0n) is 27.4. The van der Waals surface area contributed by atoms with Crippen molar-refractivity contribution in [1.29, 1.82) is 0 Å². The SMILES string of the molecule is COc1ccc(COC(=O)C2=C(CCl)CS[C@@H]3[C@@H]([NH3+])C(=O)N23)cc1.COc1ccc(COC(=O)C2=C(CCl)CS[C@@H]3[C@H]([NH3+])C(=O)N23)cc1Cl.[Cl-].[Cl-]. The van der Waals surface area contributed by atoms with Gasteiger partial charge in [-0.2, -0.15) is 0 Å². The van der Waals surface area contributed by atoms with E-state index in [2.05, 4.69) is 11.5 Å². The molecule has 4 aliphatic heterocycles. The van der Waals surface area contributed by atoms with Crippen LogP contribution in [-0.4, -0.2) is 93.9 Å². The molecule has 0 radical (unpaired) electrons. The van der Waals surface area contributed by atoms with Crippen LogP contribution in [0.4, 0.5) is 0 Å². The summed E-state index contributed by atoms with van der Waals surface area (Å²) in [5.41, 5.74) is 11.2. The highest BCUT2D eigenvalue weighted by Gasteiger charge is 2.55. The predicted molar refractivity (Wildman–Crippen MR) is 186 cm³/mol. The van der Waals surface area contributed by atoms with Crippen molar-refractivity contribution in [3.05, 3.63) is 81.2 Å². The van der Waals surface area contributed by atoms with Crippen molar-refractivity contribution in [3.63, 3.8) is 0 Å². The van der Waals surface area contributed by atoms with Crippen LogP contribution in [0.5, 0.6) is 11.5 Å². The number of halogens is 5. The number of hydrogen-bond acceptors (Lipinski definition) is 10. The van der Waals surface area contributed by atoms with Gasteiger partial charge in [0.2, 0.25) is 0 Å². The molecular weight excluding hydrogens is 810 g/mol. The van der Waals surface area contributed by atoms with Gasteiger partial charge in [-0.15, -0.1) is 46.7 Å². The maximum atomic E-state index is 12.6. The zero-order valence-corrected chi connectivity index (χ0v) is 32.8. The summed E-state index contributed by atoms with van der Waals surface area (Å²) in [7, 11) is 3.12. The molecule has 278 valence electrons. The third-order valence-electron chi connectivity index (χ3n) is 8.14. The van der Waals surface area contributed by atoms with Crippen LogP contribution >= 0.6 is 58.3 Å². The van der Waals surface area contributed by atoms with E-state index < -0.39 is 11.9 Å². The van der Waals surface area contributed by atoms with Crippen molar-refractivity contribution in [1.82, 2.24) is 9.80 Å². The molecule has 0 saturated carbocycles. The number of methoxy groups -OCH3 is 2. The Morgan fingerprint density at radius 1 is 0.765 bits per heavy atom. The molecule has 6 rings (SSSR count). The molecule has 2 fully saturated rings. The third-order valence-corrected chi connectivity index (χ3v) is 11.9. The van der Waals surface area contributed by atoms with Gasteiger partial charge in [0.15, 0.2) is 12.1 Å². The molecule has 0 unspecified atom stereocenters. The highest BCUT2D eigenvalue weighted by atomic mass is 35.5. The Hall–Kier alpha value is -2.53. The molecule has 2 saturated heterocycles. The van der Waals surface area contributed by atoms with Gasteiger partial charge in [0.25, 0.3) is 11.8 Å². The Morgan fingerprint density at radius 2 is 1.22 bits per heavy atom. The number of alkyl halides is 2. The molecule has 4 heterocycles. The predicted octanol–water partition coefficient (Wildman–Crippen LogP) is -3.82. The molecule has 51 heavy (non-hydrogen) atoms. The minimum atomic E-state index is -0.562. The zero-order chi connectivity index (χ0) is 35.4. The van der Waals surface area contributed by atoms with E-state index >= 15 is 0 Å². The van der Waals surface area contributed by atoms with Gasteiger partial charge in [-0.3, -0.25) is 19.4 Å². The van der Waals surface area contributed by atoms with Gasteiger partial charge in [0.05, 0.1) is 19.2 Å². The Balaban J connectivity index is 0.000000265. The number of β-lactam (4-membered cyclic amide) rings is 2. The number of nitrogens with zero attached hydrogens (tertiary/aromatic N) is 2. The number of quaternary nitrogens is 2. The number of benzene rings is 2. The van der Waals surface area contributed by atoms with Crippen molar-refractivity contribution < 1.29 is 74.4 Å². The Kier molecular flexibility index (Phi) is 16.0. The first-order valence-corrected chi connectivity index (χ1v) is 18.5. The minimum Gasteiger partial charge on any atom is -1.00 e. The lowest BCUT2D eigenvalue weighted by Crippen LogP contribution is -3.00.